The molecule has 0 spiro atoms. The maximum absolute atomic E-state index is 13.5. The van der Waals surface area contributed by atoms with E-state index in [-0.39, 0.29) is 28.5 Å². The molecule has 3 aromatic rings. The molecule has 1 fully saturated rings. The Morgan fingerprint density at radius 2 is 1.16 bits per heavy atom. The first-order valence-corrected chi connectivity index (χ1v) is 20.1. The third kappa shape index (κ3) is 10.4. The summed E-state index contributed by atoms with van der Waals surface area (Å²) in [6.45, 7) is 19.1. The number of aromatic nitrogens is 2. The van der Waals surface area contributed by atoms with Crippen molar-refractivity contribution < 1.29 is 22.8 Å². The topological polar surface area (TPSA) is 72.9 Å². The van der Waals surface area contributed by atoms with E-state index >= 15 is 0 Å². The molecule has 0 atom stereocenters. The number of piperazine rings is 1. The van der Waals surface area contributed by atoms with Crippen LogP contribution in [0.3, 0.4) is 0 Å². The van der Waals surface area contributed by atoms with Gasteiger partial charge in [-0.05, 0) is 55.5 Å². The van der Waals surface area contributed by atoms with Gasteiger partial charge in [-0.1, -0.05) is 84.9 Å². The fourth-order valence-corrected chi connectivity index (χ4v) is 7.90. The molecule has 0 unspecified atom stereocenters. The molecule has 3 aliphatic heterocycles. The van der Waals surface area contributed by atoms with Crippen LogP contribution in [0.15, 0.2) is 54.6 Å². The van der Waals surface area contributed by atoms with Gasteiger partial charge >= 0.3 is 6.18 Å². The number of unbranched alkanes of at least 4 members (excludes halogenated alkanes) is 2. The first kappa shape index (κ1) is 42.4. The molecule has 3 aliphatic rings. The second kappa shape index (κ2) is 17.2. The Bertz CT molecular complexity index is 1770. The zero-order valence-corrected chi connectivity index (χ0v) is 34.4. The number of hydrogen-bond acceptors (Lipinski definition) is 6. The molecule has 0 aliphatic carbocycles. The van der Waals surface area contributed by atoms with E-state index in [9.17, 15) is 22.8 Å². The number of nitrogens with zero attached hydrogens (tertiary/aromatic N) is 6. The number of benzene rings is 2. The summed E-state index contributed by atoms with van der Waals surface area (Å²) in [5, 5.41) is 0. The molecule has 1 aromatic heterocycles. The Balaban J connectivity index is 0.000000269. The SMILES string of the molecule is CC(C)(C)c1nc(N2CCN(CCCCN3C(=O)CC(C)(C)c4ccccc43)CC2)cc(C(F)(F)F)n1.CC1(C)CC(=O)N(CCCCCl)c2ccccc21. The molecule has 6 rings (SSSR count). The van der Waals surface area contributed by atoms with Gasteiger partial charge in [0.15, 0.2) is 0 Å². The maximum Gasteiger partial charge on any atom is 0.433 e. The second-order valence-corrected chi connectivity index (χ2v) is 17.7. The third-order valence-electron chi connectivity index (χ3n) is 10.9. The summed E-state index contributed by atoms with van der Waals surface area (Å²) in [6, 6.07) is 17.5. The lowest BCUT2D eigenvalue weighted by molar-refractivity contribution is -0.141. The summed E-state index contributed by atoms with van der Waals surface area (Å²) < 4.78 is 40.4. The highest BCUT2D eigenvalue weighted by molar-refractivity contribution is 6.17. The van der Waals surface area contributed by atoms with E-state index in [1.165, 1.54) is 11.1 Å². The molecule has 4 heterocycles. The minimum absolute atomic E-state index is 0.0589. The summed E-state index contributed by atoms with van der Waals surface area (Å²) in [5.74, 6) is 1.62. The van der Waals surface area contributed by atoms with Crippen LogP contribution in [0.2, 0.25) is 0 Å². The number of alkyl halides is 4. The third-order valence-corrected chi connectivity index (χ3v) is 11.1. The quantitative estimate of drug-likeness (QED) is 0.151. The largest absolute Gasteiger partial charge is 0.433 e. The van der Waals surface area contributed by atoms with Crippen LogP contribution >= 0.6 is 11.6 Å². The standard InChI is InChI=1S/C28H38F3N5O.C15H20ClNO/c1-26(2,3)25-32-22(28(29,30)31)18-23(33-25)35-16-14-34(15-17-35)12-8-9-13-36-21-11-7-6-10-20(21)27(4,5)19-24(36)37;1-15(2)11-14(18)17(10-6-5-9-16)13-8-4-3-7-12(13)15/h6-7,10-11,18H,8-9,12-17,19H2,1-5H3;3-4,7-8H,5-6,9-11H2,1-2H3. The van der Waals surface area contributed by atoms with Gasteiger partial charge in [-0.15, -0.1) is 11.6 Å². The fraction of sp³-hybridized carbons (Fsp3) is 0.581. The van der Waals surface area contributed by atoms with Crippen LogP contribution in [0.25, 0.3) is 0 Å². The summed E-state index contributed by atoms with van der Waals surface area (Å²) >= 11 is 5.70. The highest BCUT2D eigenvalue weighted by Crippen LogP contribution is 2.41. The van der Waals surface area contributed by atoms with E-state index in [2.05, 4.69) is 60.8 Å². The average Bonchev–Trinajstić information content (AvgIpc) is 3.12. The molecule has 12 heteroatoms. The molecule has 0 saturated carbocycles. The van der Waals surface area contributed by atoms with Gasteiger partial charge in [0.1, 0.15) is 17.3 Å². The van der Waals surface area contributed by atoms with Crippen molar-refractivity contribution in [1.82, 2.24) is 14.9 Å². The van der Waals surface area contributed by atoms with Crippen molar-refractivity contribution in [1.29, 1.82) is 0 Å². The van der Waals surface area contributed by atoms with Crippen molar-refractivity contribution in [3.63, 3.8) is 0 Å². The number of amides is 2. The molecule has 55 heavy (non-hydrogen) atoms. The van der Waals surface area contributed by atoms with E-state index in [4.69, 9.17) is 11.6 Å². The number of rotatable bonds is 10. The highest BCUT2D eigenvalue weighted by Gasteiger charge is 2.38. The molecule has 300 valence electrons. The zero-order chi connectivity index (χ0) is 40.2. The van der Waals surface area contributed by atoms with E-state index in [0.29, 0.717) is 44.2 Å². The van der Waals surface area contributed by atoms with Crippen molar-refractivity contribution in [2.45, 2.75) is 109 Å². The number of carbonyl (C=O) groups is 2. The Morgan fingerprint density at radius 1 is 0.691 bits per heavy atom. The van der Waals surface area contributed by atoms with Crippen LogP contribution in [-0.2, 0) is 32.0 Å². The number of para-hydroxylation sites is 2. The zero-order valence-electron chi connectivity index (χ0n) is 33.6. The predicted molar refractivity (Wildman–Crippen MR) is 216 cm³/mol. The van der Waals surface area contributed by atoms with Crippen LogP contribution in [0.5, 0.6) is 0 Å². The van der Waals surface area contributed by atoms with Crippen molar-refractivity contribution in [2.75, 3.05) is 66.4 Å². The monoisotopic (exact) mass is 782 g/mol. The average molecular weight is 783 g/mol. The van der Waals surface area contributed by atoms with Gasteiger partial charge in [-0.3, -0.25) is 14.5 Å². The molecular formula is C43H58ClF3N6O2. The van der Waals surface area contributed by atoms with Crippen molar-refractivity contribution in [2.24, 2.45) is 0 Å². The number of fused-ring (bicyclic) bond motifs is 2. The molecule has 0 N–H and O–H groups in total. The van der Waals surface area contributed by atoms with Gasteiger partial charge < -0.3 is 14.7 Å². The van der Waals surface area contributed by atoms with Crippen molar-refractivity contribution >= 4 is 40.6 Å². The van der Waals surface area contributed by atoms with Crippen LogP contribution in [0, 0.1) is 0 Å². The van der Waals surface area contributed by atoms with E-state index in [1.807, 2.05) is 65.8 Å². The number of carbonyl (C=O) groups excluding carboxylic acids is 2. The van der Waals surface area contributed by atoms with Gasteiger partial charge in [0.25, 0.3) is 0 Å². The smallest absolute Gasteiger partial charge is 0.354 e. The minimum Gasteiger partial charge on any atom is -0.354 e. The molecule has 0 bridgehead atoms. The van der Waals surface area contributed by atoms with Crippen LogP contribution < -0.4 is 14.7 Å². The normalized spacial score (nSPS) is 18.4. The molecule has 2 amide bonds. The van der Waals surface area contributed by atoms with E-state index in [0.717, 1.165) is 69.3 Å². The first-order valence-electron chi connectivity index (χ1n) is 19.6. The van der Waals surface area contributed by atoms with Gasteiger partial charge in [-0.25, -0.2) is 9.97 Å². The van der Waals surface area contributed by atoms with Gasteiger partial charge in [0.05, 0.1) is 0 Å². The van der Waals surface area contributed by atoms with Gasteiger partial charge in [0, 0.05) is 91.7 Å². The summed E-state index contributed by atoms with van der Waals surface area (Å²) in [7, 11) is 0. The molecule has 1 saturated heterocycles. The van der Waals surface area contributed by atoms with Crippen LogP contribution in [0.1, 0.15) is 110 Å². The minimum atomic E-state index is -4.51. The summed E-state index contributed by atoms with van der Waals surface area (Å²) in [6.07, 6.45) is 0.366. The predicted octanol–water partition coefficient (Wildman–Crippen LogP) is 9.13. The lowest BCUT2D eigenvalue weighted by atomic mass is 9.77. The first-order chi connectivity index (χ1) is 25.8. The molecular weight excluding hydrogens is 725 g/mol. The summed E-state index contributed by atoms with van der Waals surface area (Å²) in [5.41, 5.74) is 2.92. The number of halogens is 4. The van der Waals surface area contributed by atoms with Crippen LogP contribution in [-0.4, -0.2) is 78.4 Å². The Hall–Kier alpha value is -3.70. The number of anilines is 3. The summed E-state index contributed by atoms with van der Waals surface area (Å²) in [4.78, 5) is 41.5. The Kier molecular flexibility index (Phi) is 13.3. The van der Waals surface area contributed by atoms with Gasteiger partial charge in [-0.2, -0.15) is 13.2 Å². The highest BCUT2D eigenvalue weighted by atomic mass is 35.5. The van der Waals surface area contributed by atoms with Gasteiger partial charge in [0.2, 0.25) is 11.8 Å². The van der Waals surface area contributed by atoms with Crippen molar-refractivity contribution in [3.05, 3.63) is 77.2 Å². The Morgan fingerprint density at radius 3 is 1.64 bits per heavy atom. The Labute approximate surface area is 330 Å². The molecule has 8 nitrogen and oxygen atoms in total. The lowest BCUT2D eigenvalue weighted by Crippen LogP contribution is -2.47. The molecule has 0 radical (unpaired) electrons. The van der Waals surface area contributed by atoms with E-state index < -0.39 is 17.3 Å². The van der Waals surface area contributed by atoms with E-state index in [1.54, 1.807) is 0 Å². The molecule has 2 aromatic carbocycles. The number of hydrogen-bond donors (Lipinski definition) is 0. The van der Waals surface area contributed by atoms with Crippen LogP contribution in [0.4, 0.5) is 30.4 Å². The second-order valence-electron chi connectivity index (χ2n) is 17.4. The maximum atomic E-state index is 13.5. The fourth-order valence-electron chi connectivity index (χ4n) is 7.71. The lowest BCUT2D eigenvalue weighted by Gasteiger charge is -2.39. The van der Waals surface area contributed by atoms with Crippen molar-refractivity contribution in [3.8, 4) is 0 Å².